The van der Waals surface area contributed by atoms with Gasteiger partial charge in [-0.2, -0.15) is 0 Å². The van der Waals surface area contributed by atoms with Crippen molar-refractivity contribution in [2.45, 2.75) is 26.3 Å². The fourth-order valence-corrected chi connectivity index (χ4v) is 1.75. The molecule has 2 aromatic heterocycles. The maximum Gasteiger partial charge on any atom is 0.253 e. The SMILES string of the molecule is CCCNc1ccc(C(=O)NC(C)c2ncc[nH]2)cn1. The average Bonchev–Trinajstić information content (AvgIpc) is 3.00. The van der Waals surface area contributed by atoms with E-state index in [0.29, 0.717) is 5.56 Å². The maximum absolute atomic E-state index is 12.1. The van der Waals surface area contributed by atoms with Crippen LogP contribution in [0.25, 0.3) is 0 Å². The molecule has 0 bridgehead atoms. The van der Waals surface area contributed by atoms with Crippen molar-refractivity contribution >= 4 is 11.7 Å². The van der Waals surface area contributed by atoms with Crippen LogP contribution in [0.3, 0.4) is 0 Å². The number of pyridine rings is 1. The molecule has 0 aliphatic carbocycles. The highest BCUT2D eigenvalue weighted by molar-refractivity contribution is 5.94. The number of amides is 1. The summed E-state index contributed by atoms with van der Waals surface area (Å²) in [7, 11) is 0. The molecule has 0 saturated carbocycles. The molecule has 1 atom stereocenters. The minimum Gasteiger partial charge on any atom is -0.370 e. The summed E-state index contributed by atoms with van der Waals surface area (Å²) in [6.07, 6.45) is 5.99. The number of H-pyrrole nitrogens is 1. The number of hydrogen-bond donors (Lipinski definition) is 3. The number of rotatable bonds is 6. The molecule has 6 nitrogen and oxygen atoms in total. The summed E-state index contributed by atoms with van der Waals surface area (Å²) in [5, 5.41) is 6.03. The van der Waals surface area contributed by atoms with Crippen LogP contribution in [0.1, 0.15) is 42.5 Å². The van der Waals surface area contributed by atoms with E-state index in [-0.39, 0.29) is 11.9 Å². The third kappa shape index (κ3) is 3.57. The van der Waals surface area contributed by atoms with Gasteiger partial charge in [0.2, 0.25) is 0 Å². The van der Waals surface area contributed by atoms with Gasteiger partial charge in [0.25, 0.3) is 5.91 Å². The van der Waals surface area contributed by atoms with E-state index in [4.69, 9.17) is 0 Å². The van der Waals surface area contributed by atoms with Gasteiger partial charge in [-0.05, 0) is 25.5 Å². The average molecular weight is 273 g/mol. The lowest BCUT2D eigenvalue weighted by Crippen LogP contribution is -2.27. The fraction of sp³-hybridized carbons (Fsp3) is 0.357. The predicted molar refractivity (Wildman–Crippen MR) is 77.5 cm³/mol. The molecule has 1 amide bonds. The van der Waals surface area contributed by atoms with Crippen molar-refractivity contribution in [1.29, 1.82) is 0 Å². The second-order valence-corrected chi connectivity index (χ2v) is 4.53. The number of nitrogens with zero attached hydrogens (tertiary/aromatic N) is 2. The third-order valence-electron chi connectivity index (χ3n) is 2.86. The van der Waals surface area contributed by atoms with Gasteiger partial charge in [0.05, 0.1) is 11.6 Å². The van der Waals surface area contributed by atoms with Gasteiger partial charge < -0.3 is 15.6 Å². The second-order valence-electron chi connectivity index (χ2n) is 4.53. The van der Waals surface area contributed by atoms with Crippen LogP contribution in [-0.2, 0) is 0 Å². The number of hydrogen-bond acceptors (Lipinski definition) is 4. The summed E-state index contributed by atoms with van der Waals surface area (Å²) in [5.74, 6) is 1.35. The lowest BCUT2D eigenvalue weighted by molar-refractivity contribution is 0.0938. The van der Waals surface area contributed by atoms with Crippen molar-refractivity contribution in [3.05, 3.63) is 42.1 Å². The molecule has 6 heteroatoms. The zero-order chi connectivity index (χ0) is 14.4. The Kier molecular flexibility index (Phi) is 4.70. The van der Waals surface area contributed by atoms with E-state index in [1.165, 1.54) is 0 Å². The Bertz CT molecular complexity index is 535. The lowest BCUT2D eigenvalue weighted by atomic mass is 10.2. The largest absolute Gasteiger partial charge is 0.370 e. The summed E-state index contributed by atoms with van der Waals surface area (Å²) in [4.78, 5) is 23.4. The smallest absolute Gasteiger partial charge is 0.253 e. The highest BCUT2D eigenvalue weighted by Crippen LogP contribution is 2.09. The summed E-state index contributed by atoms with van der Waals surface area (Å²) in [6, 6.07) is 3.40. The van der Waals surface area contributed by atoms with E-state index < -0.39 is 0 Å². The molecule has 20 heavy (non-hydrogen) atoms. The Morgan fingerprint density at radius 3 is 2.85 bits per heavy atom. The Hall–Kier alpha value is -2.37. The summed E-state index contributed by atoms with van der Waals surface area (Å²) < 4.78 is 0. The molecule has 0 spiro atoms. The molecule has 0 fully saturated rings. The van der Waals surface area contributed by atoms with E-state index in [1.54, 1.807) is 24.7 Å². The molecule has 0 aliphatic rings. The number of imidazole rings is 1. The van der Waals surface area contributed by atoms with Crippen molar-refractivity contribution in [3.8, 4) is 0 Å². The monoisotopic (exact) mass is 273 g/mol. The first kappa shape index (κ1) is 14.0. The molecule has 0 radical (unpaired) electrons. The predicted octanol–water partition coefficient (Wildman–Crippen LogP) is 2.12. The number of anilines is 1. The molecular weight excluding hydrogens is 254 g/mol. The first-order valence-corrected chi connectivity index (χ1v) is 6.70. The zero-order valence-corrected chi connectivity index (χ0v) is 11.7. The molecule has 0 aromatic carbocycles. The highest BCUT2D eigenvalue weighted by Gasteiger charge is 2.13. The Morgan fingerprint density at radius 2 is 2.25 bits per heavy atom. The quantitative estimate of drug-likeness (QED) is 0.753. The van der Waals surface area contributed by atoms with Gasteiger partial charge in [0.15, 0.2) is 0 Å². The Morgan fingerprint density at radius 1 is 1.40 bits per heavy atom. The van der Waals surface area contributed by atoms with Crippen LogP contribution in [0.5, 0.6) is 0 Å². The first-order chi connectivity index (χ1) is 9.70. The molecule has 106 valence electrons. The topological polar surface area (TPSA) is 82.7 Å². The zero-order valence-electron chi connectivity index (χ0n) is 11.7. The number of nitrogens with one attached hydrogen (secondary N) is 3. The normalized spacial score (nSPS) is 11.9. The van der Waals surface area contributed by atoms with E-state index in [9.17, 15) is 4.79 Å². The van der Waals surface area contributed by atoms with Gasteiger partial charge >= 0.3 is 0 Å². The standard InChI is InChI=1S/C14H19N5O/c1-3-6-15-12-5-4-11(9-18-12)14(20)19-10(2)13-16-7-8-17-13/h4-5,7-10H,3,6H2,1-2H3,(H,15,18)(H,16,17)(H,19,20). The van der Waals surface area contributed by atoms with Gasteiger partial charge in [-0.25, -0.2) is 9.97 Å². The lowest BCUT2D eigenvalue weighted by Gasteiger charge is -2.11. The van der Waals surface area contributed by atoms with Crippen molar-refractivity contribution < 1.29 is 4.79 Å². The number of aromatic amines is 1. The van der Waals surface area contributed by atoms with Crippen LogP contribution < -0.4 is 10.6 Å². The Labute approximate surface area is 118 Å². The van der Waals surface area contributed by atoms with Crippen LogP contribution >= 0.6 is 0 Å². The molecule has 2 aromatic rings. The van der Waals surface area contributed by atoms with Crippen LogP contribution in [-0.4, -0.2) is 27.4 Å². The van der Waals surface area contributed by atoms with Crippen molar-refractivity contribution in [3.63, 3.8) is 0 Å². The summed E-state index contributed by atoms with van der Waals surface area (Å²) in [5.41, 5.74) is 0.533. The maximum atomic E-state index is 12.1. The van der Waals surface area contributed by atoms with Crippen molar-refractivity contribution in [2.24, 2.45) is 0 Å². The van der Waals surface area contributed by atoms with Gasteiger partial charge in [0.1, 0.15) is 11.6 Å². The minimum absolute atomic E-state index is 0.163. The Balaban J connectivity index is 1.95. The number of carbonyl (C=O) groups excluding carboxylic acids is 1. The molecular formula is C14H19N5O. The highest BCUT2D eigenvalue weighted by atomic mass is 16.1. The third-order valence-corrected chi connectivity index (χ3v) is 2.86. The van der Waals surface area contributed by atoms with Crippen LogP contribution in [0.4, 0.5) is 5.82 Å². The molecule has 0 aliphatic heterocycles. The van der Waals surface area contributed by atoms with E-state index in [1.807, 2.05) is 13.0 Å². The molecule has 2 rings (SSSR count). The van der Waals surface area contributed by atoms with E-state index in [2.05, 4.69) is 32.5 Å². The fourth-order valence-electron chi connectivity index (χ4n) is 1.75. The van der Waals surface area contributed by atoms with E-state index >= 15 is 0 Å². The van der Waals surface area contributed by atoms with Gasteiger partial charge in [-0.3, -0.25) is 4.79 Å². The van der Waals surface area contributed by atoms with Crippen molar-refractivity contribution in [2.75, 3.05) is 11.9 Å². The van der Waals surface area contributed by atoms with Crippen molar-refractivity contribution in [1.82, 2.24) is 20.3 Å². The van der Waals surface area contributed by atoms with E-state index in [0.717, 1.165) is 24.6 Å². The summed E-state index contributed by atoms with van der Waals surface area (Å²) >= 11 is 0. The molecule has 2 heterocycles. The second kappa shape index (κ2) is 6.70. The van der Waals surface area contributed by atoms with Crippen LogP contribution in [0.2, 0.25) is 0 Å². The van der Waals surface area contributed by atoms with Crippen LogP contribution in [0, 0.1) is 0 Å². The molecule has 3 N–H and O–H groups in total. The minimum atomic E-state index is -0.171. The first-order valence-electron chi connectivity index (χ1n) is 6.70. The van der Waals surface area contributed by atoms with Gasteiger partial charge in [0, 0.05) is 25.1 Å². The van der Waals surface area contributed by atoms with Gasteiger partial charge in [-0.1, -0.05) is 6.92 Å². The summed E-state index contributed by atoms with van der Waals surface area (Å²) in [6.45, 7) is 4.83. The number of carbonyl (C=O) groups is 1. The molecule has 1 unspecified atom stereocenters. The molecule has 0 saturated heterocycles. The number of aromatic nitrogens is 3. The van der Waals surface area contributed by atoms with Crippen LogP contribution in [0.15, 0.2) is 30.7 Å². The van der Waals surface area contributed by atoms with Gasteiger partial charge in [-0.15, -0.1) is 0 Å².